The van der Waals surface area contributed by atoms with Gasteiger partial charge in [-0.25, -0.2) is 4.98 Å². The Bertz CT molecular complexity index is 621. The summed E-state index contributed by atoms with van der Waals surface area (Å²) >= 11 is 7.09. The molecule has 2 rings (SSSR count). The number of nitrogens with one attached hydrogen (secondary N) is 1. The number of hydrogen-bond acceptors (Lipinski definition) is 6. The lowest BCUT2D eigenvalue weighted by Gasteiger charge is -2.27. The second-order valence-electron chi connectivity index (χ2n) is 4.77. The maximum absolute atomic E-state index is 12.5. The lowest BCUT2D eigenvalue weighted by Crippen LogP contribution is -2.41. The number of nitriles is 1. The van der Waals surface area contributed by atoms with Crippen LogP contribution in [-0.2, 0) is 16.1 Å². The van der Waals surface area contributed by atoms with E-state index in [4.69, 9.17) is 16.3 Å². The summed E-state index contributed by atoms with van der Waals surface area (Å²) in [5.41, 5.74) is 1.04. The number of halogens is 1. The molecule has 23 heavy (non-hydrogen) atoms. The number of ether oxygens (including phenoxy) is 1. The maximum Gasteiger partial charge on any atom is 0.267 e. The van der Waals surface area contributed by atoms with Crippen molar-refractivity contribution in [3.8, 4) is 6.07 Å². The van der Waals surface area contributed by atoms with Crippen molar-refractivity contribution < 1.29 is 9.53 Å². The fourth-order valence-electron chi connectivity index (χ4n) is 2.08. The third-order valence-electron chi connectivity index (χ3n) is 3.30. The van der Waals surface area contributed by atoms with Crippen LogP contribution in [0.5, 0.6) is 0 Å². The molecule has 1 aromatic rings. The van der Waals surface area contributed by atoms with Crippen LogP contribution in [0.4, 0.5) is 0 Å². The zero-order valence-electron chi connectivity index (χ0n) is 12.7. The molecule has 1 aromatic heterocycles. The third kappa shape index (κ3) is 4.86. The maximum atomic E-state index is 12.5. The Morgan fingerprint density at radius 3 is 2.83 bits per heavy atom. The van der Waals surface area contributed by atoms with E-state index in [0.29, 0.717) is 43.0 Å². The Morgan fingerprint density at radius 1 is 1.52 bits per heavy atom. The van der Waals surface area contributed by atoms with Gasteiger partial charge in [0.2, 0.25) is 0 Å². The molecule has 0 unspecified atom stereocenters. The van der Waals surface area contributed by atoms with Gasteiger partial charge < -0.3 is 15.0 Å². The minimum Gasteiger partial charge on any atom is -0.378 e. The average molecular weight is 353 g/mol. The van der Waals surface area contributed by atoms with Gasteiger partial charge in [0.15, 0.2) is 0 Å². The number of nitrogens with zero attached hydrogens (tertiary/aromatic N) is 3. The Labute approximate surface area is 144 Å². The van der Waals surface area contributed by atoms with Crippen LogP contribution in [0, 0.1) is 11.3 Å². The molecule has 1 aliphatic heterocycles. The van der Waals surface area contributed by atoms with Crippen LogP contribution in [0.1, 0.15) is 5.56 Å². The summed E-state index contributed by atoms with van der Waals surface area (Å²) in [5.74, 6) is -0.262. The first kappa shape index (κ1) is 17.6. The molecule has 6 nitrogen and oxygen atoms in total. The Morgan fingerprint density at radius 2 is 2.26 bits per heavy atom. The molecular formula is C15H17ClN4O2S. The van der Waals surface area contributed by atoms with Gasteiger partial charge in [0, 0.05) is 25.8 Å². The first-order chi connectivity index (χ1) is 11.2. The molecule has 0 atom stereocenters. The first-order valence-corrected chi connectivity index (χ1v) is 8.65. The van der Waals surface area contributed by atoms with E-state index < -0.39 is 0 Å². The second kappa shape index (κ2) is 8.77. The summed E-state index contributed by atoms with van der Waals surface area (Å²) in [6, 6.07) is 5.57. The number of carbonyl (C=O) groups is 1. The highest BCUT2D eigenvalue weighted by molar-refractivity contribution is 8.02. The van der Waals surface area contributed by atoms with Crippen LogP contribution >= 0.6 is 23.4 Å². The van der Waals surface area contributed by atoms with Gasteiger partial charge in [-0.3, -0.25) is 4.79 Å². The summed E-state index contributed by atoms with van der Waals surface area (Å²) in [6.07, 6.45) is 3.48. The fraction of sp³-hybridized carbons (Fsp3) is 0.400. The topological polar surface area (TPSA) is 78.2 Å². The fourth-order valence-corrected chi connectivity index (χ4v) is 2.74. The van der Waals surface area contributed by atoms with Crippen LogP contribution in [0.2, 0.25) is 5.15 Å². The number of rotatable bonds is 5. The molecule has 1 N–H and O–H groups in total. The number of pyridine rings is 1. The lowest BCUT2D eigenvalue weighted by molar-refractivity contribution is -0.130. The summed E-state index contributed by atoms with van der Waals surface area (Å²) in [6.45, 7) is 2.48. The van der Waals surface area contributed by atoms with E-state index in [1.54, 1.807) is 17.2 Å². The van der Waals surface area contributed by atoms with E-state index in [-0.39, 0.29) is 11.5 Å². The van der Waals surface area contributed by atoms with Crippen LogP contribution < -0.4 is 5.32 Å². The Kier molecular flexibility index (Phi) is 6.71. The molecule has 1 amide bonds. The number of amides is 1. The van der Waals surface area contributed by atoms with Crippen molar-refractivity contribution in [3.63, 3.8) is 0 Å². The van der Waals surface area contributed by atoms with Crippen molar-refractivity contribution >= 4 is 29.3 Å². The molecule has 8 heteroatoms. The first-order valence-electron chi connectivity index (χ1n) is 7.05. The molecular weight excluding hydrogens is 336 g/mol. The quantitative estimate of drug-likeness (QED) is 0.494. The SMILES string of the molecule is CS/C(NCc1ccc(Cl)nc1)=C(\C#N)C(=O)N1CCOCC1. The predicted octanol–water partition coefficient (Wildman–Crippen LogP) is 1.78. The van der Waals surface area contributed by atoms with Crippen LogP contribution in [0.3, 0.4) is 0 Å². The van der Waals surface area contributed by atoms with Crippen molar-refractivity contribution in [2.45, 2.75) is 6.54 Å². The third-order valence-corrected chi connectivity index (χ3v) is 4.28. The number of hydrogen-bond donors (Lipinski definition) is 1. The Hall–Kier alpha value is -1.75. The molecule has 0 aromatic carbocycles. The van der Waals surface area contributed by atoms with Gasteiger partial charge in [0.1, 0.15) is 16.8 Å². The number of carbonyl (C=O) groups excluding carboxylic acids is 1. The Balaban J connectivity index is 2.10. The van der Waals surface area contributed by atoms with E-state index in [0.717, 1.165) is 5.56 Å². The van der Waals surface area contributed by atoms with Crippen molar-refractivity contribution in [2.24, 2.45) is 0 Å². The molecule has 2 heterocycles. The van der Waals surface area contributed by atoms with Crippen molar-refractivity contribution in [3.05, 3.63) is 39.6 Å². The minimum absolute atomic E-state index is 0.126. The summed E-state index contributed by atoms with van der Waals surface area (Å²) < 4.78 is 5.23. The molecule has 1 saturated heterocycles. The summed E-state index contributed by atoms with van der Waals surface area (Å²) in [5, 5.41) is 13.5. The molecule has 0 saturated carbocycles. The van der Waals surface area contributed by atoms with Crippen molar-refractivity contribution in [1.29, 1.82) is 5.26 Å². The van der Waals surface area contributed by atoms with Crippen molar-refractivity contribution in [2.75, 3.05) is 32.6 Å². The van der Waals surface area contributed by atoms with Gasteiger partial charge in [-0.1, -0.05) is 17.7 Å². The smallest absolute Gasteiger partial charge is 0.267 e. The lowest BCUT2D eigenvalue weighted by atomic mass is 10.2. The largest absolute Gasteiger partial charge is 0.378 e. The van der Waals surface area contributed by atoms with Gasteiger partial charge in [-0.2, -0.15) is 5.26 Å². The van der Waals surface area contributed by atoms with Crippen LogP contribution in [-0.4, -0.2) is 48.4 Å². The summed E-state index contributed by atoms with van der Waals surface area (Å²) in [7, 11) is 0. The average Bonchev–Trinajstić information content (AvgIpc) is 2.60. The number of aromatic nitrogens is 1. The molecule has 0 radical (unpaired) electrons. The van der Waals surface area contributed by atoms with Crippen LogP contribution in [0.25, 0.3) is 0 Å². The zero-order valence-corrected chi connectivity index (χ0v) is 14.3. The predicted molar refractivity (Wildman–Crippen MR) is 89.6 cm³/mol. The van der Waals surface area contributed by atoms with Crippen molar-refractivity contribution in [1.82, 2.24) is 15.2 Å². The molecule has 0 aliphatic carbocycles. The van der Waals surface area contributed by atoms with E-state index in [1.165, 1.54) is 11.8 Å². The highest BCUT2D eigenvalue weighted by Crippen LogP contribution is 2.17. The van der Waals surface area contributed by atoms with E-state index in [1.807, 2.05) is 18.4 Å². The summed E-state index contributed by atoms with van der Waals surface area (Å²) in [4.78, 5) is 18.1. The van der Waals surface area contributed by atoms with E-state index >= 15 is 0 Å². The molecule has 122 valence electrons. The van der Waals surface area contributed by atoms with Gasteiger partial charge in [0.05, 0.1) is 18.2 Å². The number of thioether (sulfide) groups is 1. The van der Waals surface area contributed by atoms with Crippen LogP contribution in [0.15, 0.2) is 28.9 Å². The van der Waals surface area contributed by atoms with Gasteiger partial charge in [-0.15, -0.1) is 11.8 Å². The standard InChI is InChI=1S/C15H17ClN4O2S/c1-23-14(19-10-11-2-3-13(16)18-9-11)12(8-17)15(21)20-4-6-22-7-5-20/h2-3,9,19H,4-7,10H2,1H3/b14-12+. The monoisotopic (exact) mass is 352 g/mol. The highest BCUT2D eigenvalue weighted by Gasteiger charge is 2.23. The number of morpholine rings is 1. The van der Waals surface area contributed by atoms with E-state index in [9.17, 15) is 10.1 Å². The van der Waals surface area contributed by atoms with Gasteiger partial charge in [0.25, 0.3) is 5.91 Å². The minimum atomic E-state index is -0.262. The zero-order chi connectivity index (χ0) is 16.7. The molecule has 0 spiro atoms. The highest BCUT2D eigenvalue weighted by atomic mass is 35.5. The normalized spacial score (nSPS) is 15.6. The van der Waals surface area contributed by atoms with Gasteiger partial charge >= 0.3 is 0 Å². The second-order valence-corrected chi connectivity index (χ2v) is 5.97. The van der Waals surface area contributed by atoms with Gasteiger partial charge in [-0.05, 0) is 17.9 Å². The van der Waals surface area contributed by atoms with E-state index in [2.05, 4.69) is 10.3 Å². The molecule has 1 fully saturated rings. The molecule has 1 aliphatic rings. The molecule has 0 bridgehead atoms.